The van der Waals surface area contributed by atoms with Gasteiger partial charge >= 0.3 is 0 Å². The second-order valence-electron chi connectivity index (χ2n) is 5.35. The SMILES string of the molecule is CC(C)N(CC1CC1)C(=O)c1cc(N)c(F)cc1F. The van der Waals surface area contributed by atoms with Crippen molar-refractivity contribution in [1.82, 2.24) is 4.90 Å². The third-order valence-electron chi connectivity index (χ3n) is 3.35. The first-order valence-electron chi connectivity index (χ1n) is 6.45. The number of benzene rings is 1. The van der Waals surface area contributed by atoms with Crippen LogP contribution in [0.5, 0.6) is 0 Å². The van der Waals surface area contributed by atoms with Crippen LogP contribution < -0.4 is 5.73 Å². The molecule has 1 aliphatic carbocycles. The molecule has 5 heteroatoms. The second-order valence-corrected chi connectivity index (χ2v) is 5.35. The van der Waals surface area contributed by atoms with Crippen molar-refractivity contribution in [3.05, 3.63) is 29.3 Å². The first kappa shape index (κ1) is 13.8. The van der Waals surface area contributed by atoms with Gasteiger partial charge in [-0.25, -0.2) is 8.78 Å². The molecule has 3 nitrogen and oxygen atoms in total. The summed E-state index contributed by atoms with van der Waals surface area (Å²) in [6.07, 6.45) is 2.20. The van der Waals surface area contributed by atoms with E-state index in [1.807, 2.05) is 13.8 Å². The number of nitrogen functional groups attached to an aromatic ring is 1. The van der Waals surface area contributed by atoms with Crippen molar-refractivity contribution in [2.45, 2.75) is 32.7 Å². The fraction of sp³-hybridized carbons (Fsp3) is 0.500. The lowest BCUT2D eigenvalue weighted by Gasteiger charge is -2.27. The van der Waals surface area contributed by atoms with E-state index in [1.165, 1.54) is 0 Å². The summed E-state index contributed by atoms with van der Waals surface area (Å²) in [6, 6.07) is 1.71. The molecule has 0 radical (unpaired) electrons. The molecule has 1 fully saturated rings. The Balaban J connectivity index is 2.27. The summed E-state index contributed by atoms with van der Waals surface area (Å²) >= 11 is 0. The van der Waals surface area contributed by atoms with Gasteiger partial charge in [0.05, 0.1) is 11.3 Å². The highest BCUT2D eigenvalue weighted by molar-refractivity contribution is 5.95. The highest BCUT2D eigenvalue weighted by Crippen LogP contribution is 2.31. The molecule has 0 aromatic heterocycles. The normalized spacial score (nSPS) is 14.8. The van der Waals surface area contributed by atoms with Crippen LogP contribution in [-0.4, -0.2) is 23.4 Å². The van der Waals surface area contributed by atoms with Crippen LogP contribution in [0.2, 0.25) is 0 Å². The average Bonchev–Trinajstić information content (AvgIpc) is 3.13. The van der Waals surface area contributed by atoms with Gasteiger partial charge in [0.1, 0.15) is 11.6 Å². The molecule has 1 amide bonds. The number of amides is 1. The highest BCUT2D eigenvalue weighted by atomic mass is 19.1. The van der Waals surface area contributed by atoms with Crippen molar-refractivity contribution in [1.29, 1.82) is 0 Å². The molecular formula is C14H18F2N2O. The number of carbonyl (C=O) groups is 1. The Hall–Kier alpha value is -1.65. The fourth-order valence-corrected chi connectivity index (χ4v) is 1.99. The van der Waals surface area contributed by atoms with Gasteiger partial charge in [0.15, 0.2) is 0 Å². The molecule has 0 bridgehead atoms. The molecule has 0 heterocycles. The Morgan fingerprint density at radius 1 is 1.37 bits per heavy atom. The largest absolute Gasteiger partial charge is 0.396 e. The minimum absolute atomic E-state index is 0.0289. The maximum Gasteiger partial charge on any atom is 0.257 e. The molecule has 2 N–H and O–H groups in total. The number of nitrogens with two attached hydrogens (primary N) is 1. The van der Waals surface area contributed by atoms with Crippen LogP contribution in [0.1, 0.15) is 37.0 Å². The lowest BCUT2D eigenvalue weighted by Crippen LogP contribution is -2.39. The van der Waals surface area contributed by atoms with Crippen LogP contribution in [-0.2, 0) is 0 Å². The van der Waals surface area contributed by atoms with Gasteiger partial charge in [-0.15, -0.1) is 0 Å². The maximum atomic E-state index is 13.7. The lowest BCUT2D eigenvalue weighted by atomic mass is 10.1. The zero-order valence-corrected chi connectivity index (χ0v) is 11.1. The molecule has 0 spiro atoms. The van der Waals surface area contributed by atoms with Crippen molar-refractivity contribution < 1.29 is 13.6 Å². The van der Waals surface area contributed by atoms with Gasteiger partial charge in [0.25, 0.3) is 5.91 Å². The van der Waals surface area contributed by atoms with E-state index in [1.54, 1.807) is 4.90 Å². The number of halogens is 2. The molecule has 1 aliphatic rings. The van der Waals surface area contributed by atoms with E-state index in [2.05, 4.69) is 0 Å². The van der Waals surface area contributed by atoms with Gasteiger partial charge in [-0.1, -0.05) is 0 Å². The number of nitrogens with zero attached hydrogens (tertiary/aromatic N) is 1. The summed E-state index contributed by atoms with van der Waals surface area (Å²) < 4.78 is 26.8. The number of rotatable bonds is 4. The molecule has 0 saturated heterocycles. The number of carbonyl (C=O) groups excluding carboxylic acids is 1. The molecule has 0 unspecified atom stereocenters. The first-order chi connectivity index (χ1) is 8.90. The third kappa shape index (κ3) is 3.03. The minimum Gasteiger partial charge on any atom is -0.396 e. The second kappa shape index (κ2) is 5.15. The van der Waals surface area contributed by atoms with E-state index in [4.69, 9.17) is 5.73 Å². The van der Waals surface area contributed by atoms with Gasteiger partial charge in [-0.2, -0.15) is 0 Å². The summed E-state index contributed by atoms with van der Waals surface area (Å²) in [5.41, 5.74) is 5.04. The molecule has 1 aromatic carbocycles. The van der Waals surface area contributed by atoms with E-state index in [0.29, 0.717) is 18.5 Å². The number of anilines is 1. The van der Waals surface area contributed by atoms with Crippen molar-refractivity contribution in [3.63, 3.8) is 0 Å². The summed E-state index contributed by atoms with van der Waals surface area (Å²) in [4.78, 5) is 14.0. The predicted molar refractivity (Wildman–Crippen MR) is 69.7 cm³/mol. The Morgan fingerprint density at radius 2 is 2.00 bits per heavy atom. The van der Waals surface area contributed by atoms with Crippen LogP contribution in [0.3, 0.4) is 0 Å². The first-order valence-corrected chi connectivity index (χ1v) is 6.45. The van der Waals surface area contributed by atoms with Gasteiger partial charge in [-0.3, -0.25) is 4.79 Å². The molecule has 2 rings (SSSR count). The molecular weight excluding hydrogens is 250 g/mol. The van der Waals surface area contributed by atoms with Crippen LogP contribution in [0.25, 0.3) is 0 Å². The summed E-state index contributed by atoms with van der Waals surface area (Å²) in [7, 11) is 0. The maximum absolute atomic E-state index is 13.7. The monoisotopic (exact) mass is 268 g/mol. The number of hydrogen-bond acceptors (Lipinski definition) is 2. The summed E-state index contributed by atoms with van der Waals surface area (Å²) in [5, 5.41) is 0. The van der Waals surface area contributed by atoms with Crippen LogP contribution >= 0.6 is 0 Å². The van der Waals surface area contributed by atoms with E-state index in [-0.39, 0.29) is 17.3 Å². The Bertz CT molecular complexity index is 498. The minimum atomic E-state index is -0.863. The lowest BCUT2D eigenvalue weighted by molar-refractivity contribution is 0.0691. The van der Waals surface area contributed by atoms with E-state index in [0.717, 1.165) is 18.9 Å². The fourth-order valence-electron chi connectivity index (χ4n) is 1.99. The Labute approximate surface area is 111 Å². The number of hydrogen-bond donors (Lipinski definition) is 1. The highest BCUT2D eigenvalue weighted by Gasteiger charge is 2.30. The summed E-state index contributed by atoms with van der Waals surface area (Å²) in [6.45, 7) is 4.38. The standard InChI is InChI=1S/C14H18F2N2O/c1-8(2)18(7-9-3-4-9)14(19)10-5-13(17)12(16)6-11(10)15/h5-6,8-9H,3-4,7,17H2,1-2H3. The third-order valence-corrected chi connectivity index (χ3v) is 3.35. The summed E-state index contributed by atoms with van der Waals surface area (Å²) in [5.74, 6) is -1.62. The van der Waals surface area contributed by atoms with Gasteiger partial charge in [-0.05, 0) is 38.7 Å². The smallest absolute Gasteiger partial charge is 0.257 e. The van der Waals surface area contributed by atoms with E-state index in [9.17, 15) is 13.6 Å². The van der Waals surface area contributed by atoms with E-state index >= 15 is 0 Å². The van der Waals surface area contributed by atoms with Gasteiger partial charge in [0, 0.05) is 18.7 Å². The zero-order valence-electron chi connectivity index (χ0n) is 11.1. The van der Waals surface area contributed by atoms with Crippen molar-refractivity contribution in [2.24, 2.45) is 5.92 Å². The Morgan fingerprint density at radius 3 is 2.53 bits per heavy atom. The molecule has 0 atom stereocenters. The Kier molecular flexibility index (Phi) is 3.73. The van der Waals surface area contributed by atoms with Gasteiger partial charge < -0.3 is 10.6 Å². The molecule has 1 saturated carbocycles. The molecule has 104 valence electrons. The van der Waals surface area contributed by atoms with Crippen molar-refractivity contribution in [2.75, 3.05) is 12.3 Å². The van der Waals surface area contributed by atoms with Crippen LogP contribution in [0, 0.1) is 17.6 Å². The quantitative estimate of drug-likeness (QED) is 0.853. The molecule has 0 aliphatic heterocycles. The van der Waals surface area contributed by atoms with Crippen LogP contribution in [0.4, 0.5) is 14.5 Å². The van der Waals surface area contributed by atoms with Crippen LogP contribution in [0.15, 0.2) is 12.1 Å². The zero-order chi connectivity index (χ0) is 14.2. The predicted octanol–water partition coefficient (Wildman–Crippen LogP) is 2.81. The van der Waals surface area contributed by atoms with Crippen molar-refractivity contribution >= 4 is 11.6 Å². The van der Waals surface area contributed by atoms with Crippen molar-refractivity contribution in [3.8, 4) is 0 Å². The molecule has 1 aromatic rings. The van der Waals surface area contributed by atoms with E-state index < -0.39 is 17.5 Å². The molecule has 19 heavy (non-hydrogen) atoms. The average molecular weight is 268 g/mol. The topological polar surface area (TPSA) is 46.3 Å². The van der Waals surface area contributed by atoms with Gasteiger partial charge in [0.2, 0.25) is 0 Å².